The van der Waals surface area contributed by atoms with Crippen molar-refractivity contribution in [3.8, 4) is 33.0 Å². The third-order valence-electron chi connectivity index (χ3n) is 4.09. The zero-order valence-electron chi connectivity index (χ0n) is 16.0. The van der Waals surface area contributed by atoms with Crippen LogP contribution in [0.5, 0.6) is 21.9 Å². The standard InChI is InChI=1S/C20H14BrClFN3O2S2/c1-9-4-10(2)18(16(5-9)28-19-25-17(21)8-29-19)12-6-15(13(22)7-14(12)23)27-20-24-11(3)26-30-20/h4-8H,1-3H3. The normalized spacial score (nSPS) is 11.0. The molecule has 2 aromatic heterocycles. The second-order valence-electron chi connectivity index (χ2n) is 6.47. The highest BCUT2D eigenvalue weighted by atomic mass is 79.9. The Morgan fingerprint density at radius 2 is 1.77 bits per heavy atom. The number of aromatic nitrogens is 3. The molecule has 0 aliphatic heterocycles. The molecule has 0 saturated heterocycles. The molecule has 0 saturated carbocycles. The van der Waals surface area contributed by atoms with E-state index in [1.807, 2.05) is 31.4 Å². The Balaban J connectivity index is 1.82. The van der Waals surface area contributed by atoms with E-state index >= 15 is 4.39 Å². The summed E-state index contributed by atoms with van der Waals surface area (Å²) in [6.45, 7) is 5.61. The Bertz CT molecular complexity index is 1250. The Hall–Kier alpha value is -2.07. The van der Waals surface area contributed by atoms with Crippen molar-refractivity contribution in [1.82, 2.24) is 14.3 Å². The first-order chi connectivity index (χ1) is 14.3. The van der Waals surface area contributed by atoms with E-state index in [0.29, 0.717) is 37.7 Å². The van der Waals surface area contributed by atoms with Crippen molar-refractivity contribution in [3.63, 3.8) is 0 Å². The van der Waals surface area contributed by atoms with Gasteiger partial charge < -0.3 is 9.47 Å². The lowest BCUT2D eigenvalue weighted by Crippen LogP contribution is -1.96. The number of ether oxygens (including phenoxy) is 2. The molecular weight excluding hydrogens is 513 g/mol. The fourth-order valence-electron chi connectivity index (χ4n) is 2.95. The molecule has 4 rings (SSSR count). The number of hydrogen-bond acceptors (Lipinski definition) is 7. The highest BCUT2D eigenvalue weighted by Gasteiger charge is 2.20. The van der Waals surface area contributed by atoms with Crippen molar-refractivity contribution in [1.29, 1.82) is 0 Å². The van der Waals surface area contributed by atoms with Gasteiger partial charge in [0, 0.05) is 28.0 Å². The van der Waals surface area contributed by atoms with Gasteiger partial charge in [-0.15, -0.1) is 0 Å². The van der Waals surface area contributed by atoms with E-state index in [0.717, 1.165) is 22.7 Å². The monoisotopic (exact) mass is 525 g/mol. The molecule has 0 radical (unpaired) electrons. The van der Waals surface area contributed by atoms with Gasteiger partial charge in [-0.2, -0.15) is 14.3 Å². The zero-order chi connectivity index (χ0) is 21.4. The average Bonchev–Trinajstić information content (AvgIpc) is 3.26. The lowest BCUT2D eigenvalue weighted by atomic mass is 9.96. The molecule has 0 aliphatic rings. The van der Waals surface area contributed by atoms with E-state index in [1.165, 1.54) is 17.4 Å². The van der Waals surface area contributed by atoms with Crippen LogP contribution in [0.15, 0.2) is 34.2 Å². The van der Waals surface area contributed by atoms with Gasteiger partial charge in [0.05, 0.1) is 5.02 Å². The number of benzene rings is 2. The quantitative estimate of drug-likeness (QED) is 0.266. The van der Waals surface area contributed by atoms with Crippen LogP contribution in [0.3, 0.4) is 0 Å². The Kier molecular flexibility index (Phi) is 6.06. The summed E-state index contributed by atoms with van der Waals surface area (Å²) in [6.07, 6.45) is 0. The lowest BCUT2D eigenvalue weighted by molar-refractivity contribution is 0.474. The van der Waals surface area contributed by atoms with Crippen molar-refractivity contribution in [2.75, 3.05) is 0 Å². The van der Waals surface area contributed by atoms with Gasteiger partial charge in [-0.05, 0) is 66.0 Å². The first-order valence-electron chi connectivity index (χ1n) is 8.68. The molecule has 0 bridgehead atoms. The van der Waals surface area contributed by atoms with Crippen LogP contribution in [-0.4, -0.2) is 14.3 Å². The van der Waals surface area contributed by atoms with Crippen LogP contribution in [0.25, 0.3) is 11.1 Å². The van der Waals surface area contributed by atoms with Gasteiger partial charge in [0.25, 0.3) is 10.4 Å². The van der Waals surface area contributed by atoms with Crippen LogP contribution in [0.1, 0.15) is 17.0 Å². The van der Waals surface area contributed by atoms with Crippen molar-refractivity contribution in [3.05, 3.63) is 62.0 Å². The van der Waals surface area contributed by atoms with Gasteiger partial charge in [0.1, 0.15) is 27.7 Å². The summed E-state index contributed by atoms with van der Waals surface area (Å²) < 4.78 is 31.6. The maximum absolute atomic E-state index is 15.0. The van der Waals surface area contributed by atoms with Gasteiger partial charge in [0.2, 0.25) is 0 Å². The van der Waals surface area contributed by atoms with Gasteiger partial charge in [-0.1, -0.05) is 29.0 Å². The smallest absolute Gasteiger partial charge is 0.298 e. The molecule has 154 valence electrons. The van der Waals surface area contributed by atoms with E-state index in [9.17, 15) is 0 Å². The van der Waals surface area contributed by atoms with E-state index in [-0.39, 0.29) is 10.8 Å². The molecule has 0 amide bonds. The Morgan fingerprint density at radius 3 is 2.43 bits per heavy atom. The summed E-state index contributed by atoms with van der Waals surface area (Å²) in [5, 5.41) is 2.73. The average molecular weight is 527 g/mol. The lowest BCUT2D eigenvalue weighted by Gasteiger charge is -2.16. The molecule has 0 fully saturated rings. The third kappa shape index (κ3) is 4.49. The van der Waals surface area contributed by atoms with Crippen molar-refractivity contribution in [2.45, 2.75) is 20.8 Å². The van der Waals surface area contributed by atoms with Gasteiger partial charge in [-0.25, -0.2) is 4.39 Å². The number of halogens is 3. The molecule has 10 heteroatoms. The Labute approximate surface area is 193 Å². The van der Waals surface area contributed by atoms with E-state index in [1.54, 1.807) is 13.0 Å². The van der Waals surface area contributed by atoms with E-state index in [2.05, 4.69) is 30.3 Å². The molecule has 2 heterocycles. The molecule has 0 N–H and O–H groups in total. The fourth-order valence-corrected chi connectivity index (χ4v) is 4.79. The second-order valence-corrected chi connectivity index (χ2v) is 9.22. The summed E-state index contributed by atoms with van der Waals surface area (Å²) in [6, 6.07) is 6.59. The van der Waals surface area contributed by atoms with Gasteiger partial charge in [0.15, 0.2) is 0 Å². The maximum Gasteiger partial charge on any atom is 0.298 e. The van der Waals surface area contributed by atoms with Crippen LogP contribution in [0.2, 0.25) is 5.02 Å². The highest BCUT2D eigenvalue weighted by molar-refractivity contribution is 9.10. The highest BCUT2D eigenvalue weighted by Crippen LogP contribution is 2.43. The molecule has 4 aromatic rings. The summed E-state index contributed by atoms with van der Waals surface area (Å²) in [4.78, 5) is 8.45. The molecule has 0 aliphatic carbocycles. The number of hydrogen-bond donors (Lipinski definition) is 0. The summed E-state index contributed by atoms with van der Waals surface area (Å²) in [5.41, 5.74) is 2.73. The molecule has 5 nitrogen and oxygen atoms in total. The number of thiazole rings is 1. The predicted octanol–water partition coefficient (Wildman–Crippen LogP) is 7.73. The first-order valence-corrected chi connectivity index (χ1v) is 11.5. The minimum atomic E-state index is -0.488. The van der Waals surface area contributed by atoms with Crippen LogP contribution in [-0.2, 0) is 0 Å². The SMILES string of the molecule is Cc1cc(C)c(-c2cc(Oc3nc(C)ns3)c(Cl)cc2F)c(Oc2nc(Br)cs2)c1. The van der Waals surface area contributed by atoms with Crippen LogP contribution >= 0.6 is 50.4 Å². The summed E-state index contributed by atoms with van der Waals surface area (Å²) in [7, 11) is 0. The van der Waals surface area contributed by atoms with Gasteiger partial charge >= 0.3 is 0 Å². The van der Waals surface area contributed by atoms with E-state index < -0.39 is 5.82 Å². The zero-order valence-corrected chi connectivity index (χ0v) is 20.0. The van der Waals surface area contributed by atoms with Crippen LogP contribution < -0.4 is 9.47 Å². The molecular formula is C20H14BrClFN3O2S2. The topological polar surface area (TPSA) is 57.1 Å². The van der Waals surface area contributed by atoms with Crippen LogP contribution in [0.4, 0.5) is 4.39 Å². The Morgan fingerprint density at radius 1 is 1.00 bits per heavy atom. The van der Waals surface area contributed by atoms with E-state index in [4.69, 9.17) is 21.1 Å². The predicted molar refractivity (Wildman–Crippen MR) is 121 cm³/mol. The minimum Gasteiger partial charge on any atom is -0.430 e. The van der Waals surface area contributed by atoms with Crippen LogP contribution in [0, 0.1) is 26.6 Å². The maximum atomic E-state index is 15.0. The largest absolute Gasteiger partial charge is 0.430 e. The van der Waals surface area contributed by atoms with Crippen molar-refractivity contribution < 1.29 is 13.9 Å². The summed E-state index contributed by atoms with van der Waals surface area (Å²) in [5.74, 6) is 0.881. The molecule has 0 atom stereocenters. The number of rotatable bonds is 5. The fraction of sp³-hybridized carbons (Fsp3) is 0.150. The molecule has 0 spiro atoms. The second kappa shape index (κ2) is 8.58. The summed E-state index contributed by atoms with van der Waals surface area (Å²) >= 11 is 12.0. The third-order valence-corrected chi connectivity index (χ3v) is 6.50. The van der Waals surface area contributed by atoms with Crippen molar-refractivity contribution in [2.24, 2.45) is 0 Å². The number of aryl methyl sites for hydroxylation is 3. The minimum absolute atomic E-state index is 0.139. The molecule has 30 heavy (non-hydrogen) atoms. The number of nitrogens with zero attached hydrogens (tertiary/aromatic N) is 3. The van der Waals surface area contributed by atoms with Gasteiger partial charge in [-0.3, -0.25) is 0 Å². The van der Waals surface area contributed by atoms with Crippen molar-refractivity contribution >= 4 is 50.4 Å². The first kappa shape index (κ1) is 21.2. The molecule has 2 aromatic carbocycles. The molecule has 0 unspecified atom stereocenters.